The van der Waals surface area contributed by atoms with Crippen LogP contribution in [0, 0.1) is 12.8 Å². The van der Waals surface area contributed by atoms with Gasteiger partial charge in [0.15, 0.2) is 0 Å². The Morgan fingerprint density at radius 1 is 1.38 bits per heavy atom. The average Bonchev–Trinajstić information content (AvgIpc) is 2.74. The zero-order chi connectivity index (χ0) is 15.8. The topological polar surface area (TPSA) is 103 Å². The van der Waals surface area contributed by atoms with E-state index in [1.165, 1.54) is 0 Å². The van der Waals surface area contributed by atoms with Gasteiger partial charge in [-0.05, 0) is 25.3 Å². The molecule has 0 unspecified atom stereocenters. The molecule has 0 atom stereocenters. The van der Waals surface area contributed by atoms with Crippen molar-refractivity contribution in [2.75, 3.05) is 25.1 Å². The minimum atomic E-state index is -1.12. The van der Waals surface area contributed by atoms with E-state index < -0.39 is 12.0 Å². The maximum atomic E-state index is 11.7. The maximum absolute atomic E-state index is 11.7. The highest BCUT2D eigenvalue weighted by atomic mass is 16.5. The smallest absolute Gasteiger partial charge is 0.354 e. The summed E-state index contributed by atoms with van der Waals surface area (Å²) in [6.07, 6.45) is 0.983. The number of hydrogen-bond donors (Lipinski definition) is 4. The number of aryl methyl sites for hydroxylation is 1. The van der Waals surface area contributed by atoms with E-state index in [4.69, 9.17) is 9.84 Å². The first-order valence-electron chi connectivity index (χ1n) is 6.95. The molecular weight excluding hydrogens is 274 g/mol. The van der Waals surface area contributed by atoms with Crippen molar-refractivity contribution in [1.82, 2.24) is 10.3 Å². The summed E-state index contributed by atoms with van der Waals surface area (Å²) in [5.74, 6) is -0.525. The normalized spacial score (nSPS) is 10.7. The molecule has 0 radical (unpaired) electrons. The van der Waals surface area contributed by atoms with E-state index in [0.29, 0.717) is 31.4 Å². The first-order valence-corrected chi connectivity index (χ1v) is 6.95. The molecule has 1 aromatic heterocycles. The van der Waals surface area contributed by atoms with Gasteiger partial charge in [-0.3, -0.25) is 0 Å². The molecule has 0 aliphatic rings. The number of anilines is 1. The number of amides is 2. The standard InChI is InChI=1S/C14H23N3O4/c1-9(2)4-6-21-7-5-15-14(20)17-11-8-10(3)16-12(11)13(18)19/h8-9,16H,4-7H2,1-3H3,(H,18,19)(H2,15,17,20). The Bertz CT molecular complexity index is 483. The van der Waals surface area contributed by atoms with Crippen LogP contribution in [0.3, 0.4) is 0 Å². The second kappa shape index (κ2) is 8.31. The molecule has 1 aromatic rings. The van der Waals surface area contributed by atoms with Gasteiger partial charge < -0.3 is 25.5 Å². The lowest BCUT2D eigenvalue weighted by molar-refractivity contribution is 0.0692. The predicted molar refractivity (Wildman–Crippen MR) is 79.8 cm³/mol. The molecule has 0 aliphatic heterocycles. The van der Waals surface area contributed by atoms with E-state index in [9.17, 15) is 9.59 Å². The minimum absolute atomic E-state index is 0.0316. The lowest BCUT2D eigenvalue weighted by Gasteiger charge is -2.08. The Labute approximate surface area is 124 Å². The molecule has 0 bridgehead atoms. The number of aromatic carboxylic acids is 1. The predicted octanol–water partition coefficient (Wildman–Crippen LogP) is 2.21. The Balaban J connectivity index is 2.29. The van der Waals surface area contributed by atoms with E-state index in [1.807, 2.05) is 0 Å². The van der Waals surface area contributed by atoms with Crippen LogP contribution in [0.1, 0.15) is 36.5 Å². The van der Waals surface area contributed by atoms with Crippen molar-refractivity contribution in [3.05, 3.63) is 17.5 Å². The van der Waals surface area contributed by atoms with Crippen LogP contribution in [-0.4, -0.2) is 41.8 Å². The van der Waals surface area contributed by atoms with Gasteiger partial charge in [0.1, 0.15) is 5.69 Å². The zero-order valence-electron chi connectivity index (χ0n) is 12.7. The summed E-state index contributed by atoms with van der Waals surface area (Å²) in [5, 5.41) is 14.1. The number of carbonyl (C=O) groups excluding carboxylic acids is 1. The highest BCUT2D eigenvalue weighted by Crippen LogP contribution is 2.16. The third-order valence-electron chi connectivity index (χ3n) is 2.79. The molecule has 2 amide bonds. The molecule has 0 saturated carbocycles. The Kier molecular flexibility index (Phi) is 6.74. The van der Waals surface area contributed by atoms with Gasteiger partial charge in [0, 0.05) is 18.8 Å². The number of urea groups is 1. The van der Waals surface area contributed by atoms with Crippen LogP contribution in [0.5, 0.6) is 0 Å². The van der Waals surface area contributed by atoms with Crippen molar-refractivity contribution in [2.24, 2.45) is 5.92 Å². The van der Waals surface area contributed by atoms with Crippen LogP contribution in [0.4, 0.5) is 10.5 Å². The van der Waals surface area contributed by atoms with Crippen LogP contribution in [0.15, 0.2) is 6.07 Å². The zero-order valence-corrected chi connectivity index (χ0v) is 12.7. The van der Waals surface area contributed by atoms with Crippen molar-refractivity contribution < 1.29 is 19.4 Å². The largest absolute Gasteiger partial charge is 0.477 e. The fourth-order valence-electron chi connectivity index (χ4n) is 1.68. The lowest BCUT2D eigenvalue weighted by atomic mass is 10.1. The molecule has 0 aromatic carbocycles. The molecule has 0 fully saturated rings. The third-order valence-corrected chi connectivity index (χ3v) is 2.79. The number of hydrogen-bond acceptors (Lipinski definition) is 3. The van der Waals surface area contributed by atoms with Crippen LogP contribution in [0.25, 0.3) is 0 Å². The Morgan fingerprint density at radius 3 is 2.71 bits per heavy atom. The molecule has 0 spiro atoms. The first kappa shape index (κ1) is 17.0. The number of nitrogens with one attached hydrogen (secondary N) is 3. The van der Waals surface area contributed by atoms with Gasteiger partial charge in [-0.15, -0.1) is 0 Å². The lowest BCUT2D eigenvalue weighted by Crippen LogP contribution is -2.32. The summed E-state index contributed by atoms with van der Waals surface area (Å²) < 4.78 is 5.37. The van der Waals surface area contributed by atoms with Crippen molar-refractivity contribution in [3.8, 4) is 0 Å². The van der Waals surface area contributed by atoms with E-state index in [0.717, 1.165) is 6.42 Å². The molecule has 21 heavy (non-hydrogen) atoms. The molecule has 118 valence electrons. The summed E-state index contributed by atoms with van der Waals surface area (Å²) in [7, 11) is 0. The van der Waals surface area contributed by atoms with Gasteiger partial charge in [0.25, 0.3) is 0 Å². The molecule has 4 N–H and O–H groups in total. The maximum Gasteiger partial charge on any atom is 0.354 e. The molecular formula is C14H23N3O4. The van der Waals surface area contributed by atoms with Crippen molar-refractivity contribution in [3.63, 3.8) is 0 Å². The van der Waals surface area contributed by atoms with Gasteiger partial charge in [0.05, 0.1) is 12.3 Å². The highest BCUT2D eigenvalue weighted by molar-refractivity contribution is 5.99. The molecule has 7 nitrogen and oxygen atoms in total. The fraction of sp³-hybridized carbons (Fsp3) is 0.571. The molecule has 0 saturated heterocycles. The number of carboxylic acids is 1. The van der Waals surface area contributed by atoms with Crippen LogP contribution >= 0.6 is 0 Å². The number of rotatable bonds is 8. The highest BCUT2D eigenvalue weighted by Gasteiger charge is 2.14. The molecule has 1 heterocycles. The number of aromatic nitrogens is 1. The van der Waals surface area contributed by atoms with Crippen LogP contribution in [-0.2, 0) is 4.74 Å². The summed E-state index contributed by atoms with van der Waals surface area (Å²) in [6.45, 7) is 7.43. The van der Waals surface area contributed by atoms with E-state index in [2.05, 4.69) is 29.5 Å². The summed E-state index contributed by atoms with van der Waals surface area (Å²) in [4.78, 5) is 25.3. The summed E-state index contributed by atoms with van der Waals surface area (Å²) >= 11 is 0. The average molecular weight is 297 g/mol. The van der Waals surface area contributed by atoms with Gasteiger partial charge >= 0.3 is 12.0 Å². The SMILES string of the molecule is Cc1cc(NC(=O)NCCOCCC(C)C)c(C(=O)O)[nH]1. The molecule has 1 rings (SSSR count). The van der Waals surface area contributed by atoms with Crippen LogP contribution in [0.2, 0.25) is 0 Å². The third kappa shape index (κ3) is 6.31. The van der Waals surface area contributed by atoms with Crippen molar-refractivity contribution in [1.29, 1.82) is 0 Å². The summed E-state index contributed by atoms with van der Waals surface area (Å²) in [5.41, 5.74) is 0.883. The molecule has 0 aliphatic carbocycles. The second-order valence-electron chi connectivity index (χ2n) is 5.22. The van der Waals surface area contributed by atoms with Crippen molar-refractivity contribution >= 4 is 17.7 Å². The Morgan fingerprint density at radius 2 is 2.10 bits per heavy atom. The minimum Gasteiger partial charge on any atom is -0.477 e. The van der Waals surface area contributed by atoms with Gasteiger partial charge in [0.2, 0.25) is 0 Å². The molecule has 7 heteroatoms. The van der Waals surface area contributed by atoms with Crippen LogP contribution < -0.4 is 10.6 Å². The quantitative estimate of drug-likeness (QED) is 0.552. The fourth-order valence-corrected chi connectivity index (χ4v) is 1.68. The second-order valence-corrected chi connectivity index (χ2v) is 5.22. The van der Waals surface area contributed by atoms with Gasteiger partial charge in [-0.1, -0.05) is 13.8 Å². The van der Waals surface area contributed by atoms with Crippen molar-refractivity contribution in [2.45, 2.75) is 27.2 Å². The number of carboxylic acid groups (broad SMARTS) is 1. The van der Waals surface area contributed by atoms with E-state index in [-0.39, 0.29) is 11.4 Å². The summed E-state index contributed by atoms with van der Waals surface area (Å²) in [6, 6.07) is 1.12. The number of aromatic amines is 1. The Hall–Kier alpha value is -2.02. The van der Waals surface area contributed by atoms with E-state index >= 15 is 0 Å². The number of H-pyrrole nitrogens is 1. The number of carbonyl (C=O) groups is 2. The van der Waals surface area contributed by atoms with Gasteiger partial charge in [-0.2, -0.15) is 0 Å². The van der Waals surface area contributed by atoms with E-state index in [1.54, 1.807) is 13.0 Å². The first-order chi connectivity index (χ1) is 9.90. The van der Waals surface area contributed by atoms with Gasteiger partial charge in [-0.25, -0.2) is 9.59 Å². The number of ether oxygens (including phenoxy) is 1. The monoisotopic (exact) mass is 297 g/mol.